The van der Waals surface area contributed by atoms with E-state index in [2.05, 4.69) is 26.1 Å². The third kappa shape index (κ3) is 3.69. The molecule has 1 aliphatic carbocycles. The van der Waals surface area contributed by atoms with Gasteiger partial charge >= 0.3 is 0 Å². The molecule has 4 nitrogen and oxygen atoms in total. The Kier molecular flexibility index (Phi) is 4.62. The lowest BCUT2D eigenvalue weighted by Crippen LogP contribution is -2.37. The van der Waals surface area contributed by atoms with Gasteiger partial charge < -0.3 is 9.64 Å². The summed E-state index contributed by atoms with van der Waals surface area (Å²) in [4.78, 5) is 14.1. The first-order chi connectivity index (χ1) is 8.58. The Labute approximate surface area is 110 Å². The standard InChI is InChI=1S/C14H26N2O2/c1-10(2)8-13-14(17)16(11(3)15-13)6-7-18-9-12-4-5-12/h10-13,15H,4-9H2,1-3H3. The number of hydrogen-bond acceptors (Lipinski definition) is 3. The summed E-state index contributed by atoms with van der Waals surface area (Å²) in [5, 5.41) is 3.37. The number of nitrogens with zero attached hydrogens (tertiary/aromatic N) is 1. The van der Waals surface area contributed by atoms with E-state index in [1.54, 1.807) is 0 Å². The van der Waals surface area contributed by atoms with Crippen molar-refractivity contribution in [1.29, 1.82) is 0 Å². The molecule has 1 saturated carbocycles. The Hall–Kier alpha value is -0.610. The third-order valence-corrected chi connectivity index (χ3v) is 3.73. The summed E-state index contributed by atoms with van der Waals surface area (Å²) in [5.41, 5.74) is 0. The fourth-order valence-corrected chi connectivity index (χ4v) is 2.48. The Morgan fingerprint density at radius 3 is 2.78 bits per heavy atom. The first kappa shape index (κ1) is 13.8. The molecule has 18 heavy (non-hydrogen) atoms. The molecule has 2 aliphatic rings. The van der Waals surface area contributed by atoms with Crippen LogP contribution in [0.2, 0.25) is 0 Å². The molecule has 0 spiro atoms. The van der Waals surface area contributed by atoms with Crippen LogP contribution in [0.1, 0.15) is 40.0 Å². The minimum Gasteiger partial charge on any atom is -0.379 e. The first-order valence-electron chi connectivity index (χ1n) is 7.22. The lowest BCUT2D eigenvalue weighted by Gasteiger charge is -2.20. The van der Waals surface area contributed by atoms with E-state index in [0.717, 1.165) is 18.9 Å². The van der Waals surface area contributed by atoms with Gasteiger partial charge in [-0.25, -0.2) is 0 Å². The van der Waals surface area contributed by atoms with E-state index in [9.17, 15) is 4.79 Å². The van der Waals surface area contributed by atoms with Crippen molar-refractivity contribution in [3.8, 4) is 0 Å². The molecule has 2 atom stereocenters. The van der Waals surface area contributed by atoms with Crippen LogP contribution in [0.5, 0.6) is 0 Å². The molecule has 2 unspecified atom stereocenters. The van der Waals surface area contributed by atoms with Crippen LogP contribution in [0, 0.1) is 11.8 Å². The second-order valence-electron chi connectivity index (χ2n) is 6.07. The molecule has 1 N–H and O–H groups in total. The zero-order chi connectivity index (χ0) is 13.1. The fraction of sp³-hybridized carbons (Fsp3) is 0.929. The second kappa shape index (κ2) is 6.02. The van der Waals surface area contributed by atoms with Crippen LogP contribution < -0.4 is 5.32 Å². The lowest BCUT2D eigenvalue weighted by molar-refractivity contribution is -0.130. The maximum absolute atomic E-state index is 12.2. The number of carbonyl (C=O) groups excluding carboxylic acids is 1. The molecular formula is C14H26N2O2. The van der Waals surface area contributed by atoms with Gasteiger partial charge in [0, 0.05) is 13.2 Å². The van der Waals surface area contributed by atoms with Gasteiger partial charge in [0.2, 0.25) is 5.91 Å². The van der Waals surface area contributed by atoms with Crippen LogP contribution in [0.4, 0.5) is 0 Å². The van der Waals surface area contributed by atoms with Gasteiger partial charge in [0.1, 0.15) is 0 Å². The van der Waals surface area contributed by atoms with Gasteiger partial charge in [0.25, 0.3) is 0 Å². The van der Waals surface area contributed by atoms with Crippen molar-refractivity contribution in [3.63, 3.8) is 0 Å². The van der Waals surface area contributed by atoms with Crippen LogP contribution in [-0.4, -0.2) is 42.8 Å². The topological polar surface area (TPSA) is 41.6 Å². The van der Waals surface area contributed by atoms with E-state index in [-0.39, 0.29) is 18.1 Å². The van der Waals surface area contributed by atoms with Crippen LogP contribution in [0.3, 0.4) is 0 Å². The van der Waals surface area contributed by atoms with Gasteiger partial charge in [-0.1, -0.05) is 13.8 Å². The summed E-state index contributed by atoms with van der Waals surface area (Å²) in [5.74, 6) is 1.58. The number of nitrogens with one attached hydrogen (secondary N) is 1. The van der Waals surface area contributed by atoms with Crippen molar-refractivity contribution in [2.45, 2.75) is 52.2 Å². The molecule has 0 aromatic rings. The fourth-order valence-electron chi connectivity index (χ4n) is 2.48. The summed E-state index contributed by atoms with van der Waals surface area (Å²) >= 11 is 0. The van der Waals surface area contributed by atoms with E-state index in [1.165, 1.54) is 12.8 Å². The molecule has 1 saturated heterocycles. The predicted octanol–water partition coefficient (Wildman–Crippen LogP) is 1.61. The van der Waals surface area contributed by atoms with E-state index < -0.39 is 0 Å². The van der Waals surface area contributed by atoms with Gasteiger partial charge in [-0.05, 0) is 38.0 Å². The van der Waals surface area contributed by atoms with E-state index in [4.69, 9.17) is 4.74 Å². The van der Waals surface area contributed by atoms with Gasteiger partial charge in [-0.3, -0.25) is 10.1 Å². The highest BCUT2D eigenvalue weighted by Gasteiger charge is 2.36. The van der Waals surface area contributed by atoms with Crippen LogP contribution in [0.15, 0.2) is 0 Å². The van der Waals surface area contributed by atoms with Crippen molar-refractivity contribution in [2.75, 3.05) is 19.8 Å². The summed E-state index contributed by atoms with van der Waals surface area (Å²) in [6.07, 6.45) is 3.70. The van der Waals surface area contributed by atoms with Gasteiger partial charge in [-0.15, -0.1) is 0 Å². The van der Waals surface area contributed by atoms with Crippen molar-refractivity contribution < 1.29 is 9.53 Å². The molecule has 104 valence electrons. The van der Waals surface area contributed by atoms with Gasteiger partial charge in [0.05, 0.1) is 18.8 Å². The summed E-state index contributed by atoms with van der Waals surface area (Å²) < 4.78 is 5.61. The third-order valence-electron chi connectivity index (χ3n) is 3.73. The Bertz CT molecular complexity index is 290. The molecule has 0 radical (unpaired) electrons. The summed E-state index contributed by atoms with van der Waals surface area (Å²) in [6, 6.07) is 0.00318. The number of ether oxygens (including phenoxy) is 1. The van der Waals surface area contributed by atoms with Crippen molar-refractivity contribution >= 4 is 5.91 Å². The number of hydrogen-bond donors (Lipinski definition) is 1. The highest BCUT2D eigenvalue weighted by molar-refractivity contribution is 5.84. The zero-order valence-electron chi connectivity index (χ0n) is 11.8. The molecule has 0 aromatic carbocycles. The van der Waals surface area contributed by atoms with E-state index in [0.29, 0.717) is 19.1 Å². The number of rotatable bonds is 7. The average molecular weight is 254 g/mol. The molecule has 1 heterocycles. The highest BCUT2D eigenvalue weighted by Crippen LogP contribution is 2.28. The molecular weight excluding hydrogens is 228 g/mol. The minimum absolute atomic E-state index is 0.00318. The van der Waals surface area contributed by atoms with Gasteiger partial charge in [-0.2, -0.15) is 0 Å². The Morgan fingerprint density at radius 2 is 2.17 bits per heavy atom. The molecule has 0 bridgehead atoms. The maximum atomic E-state index is 12.2. The molecule has 1 aliphatic heterocycles. The van der Waals surface area contributed by atoms with Crippen LogP contribution in [0.25, 0.3) is 0 Å². The molecule has 1 amide bonds. The van der Waals surface area contributed by atoms with Gasteiger partial charge in [0.15, 0.2) is 0 Å². The molecule has 0 aromatic heterocycles. The summed E-state index contributed by atoms with van der Waals surface area (Å²) in [7, 11) is 0. The second-order valence-corrected chi connectivity index (χ2v) is 6.07. The Morgan fingerprint density at radius 1 is 1.44 bits per heavy atom. The zero-order valence-corrected chi connectivity index (χ0v) is 11.8. The summed E-state index contributed by atoms with van der Waals surface area (Å²) in [6.45, 7) is 8.62. The minimum atomic E-state index is 0.00318. The number of carbonyl (C=O) groups is 1. The SMILES string of the molecule is CC(C)CC1NC(C)N(CCOCC2CC2)C1=O. The van der Waals surface area contributed by atoms with Crippen molar-refractivity contribution in [3.05, 3.63) is 0 Å². The monoisotopic (exact) mass is 254 g/mol. The van der Waals surface area contributed by atoms with Crippen LogP contribution in [-0.2, 0) is 9.53 Å². The molecule has 4 heteroatoms. The number of amides is 1. The lowest BCUT2D eigenvalue weighted by atomic mass is 10.0. The van der Waals surface area contributed by atoms with Crippen molar-refractivity contribution in [2.24, 2.45) is 11.8 Å². The van der Waals surface area contributed by atoms with Crippen LogP contribution >= 0.6 is 0 Å². The highest BCUT2D eigenvalue weighted by atomic mass is 16.5. The largest absolute Gasteiger partial charge is 0.379 e. The Balaban J connectivity index is 1.71. The quantitative estimate of drug-likeness (QED) is 0.702. The predicted molar refractivity (Wildman–Crippen MR) is 71.1 cm³/mol. The average Bonchev–Trinajstić information content (AvgIpc) is 3.06. The molecule has 2 fully saturated rings. The maximum Gasteiger partial charge on any atom is 0.241 e. The van der Waals surface area contributed by atoms with E-state index in [1.807, 2.05) is 4.90 Å². The smallest absolute Gasteiger partial charge is 0.241 e. The van der Waals surface area contributed by atoms with E-state index >= 15 is 0 Å². The molecule has 2 rings (SSSR count). The van der Waals surface area contributed by atoms with Crippen molar-refractivity contribution in [1.82, 2.24) is 10.2 Å². The first-order valence-corrected chi connectivity index (χ1v) is 7.22. The normalized spacial score (nSPS) is 28.4.